The van der Waals surface area contributed by atoms with Crippen LogP contribution in [0.3, 0.4) is 0 Å². The van der Waals surface area contributed by atoms with Crippen molar-refractivity contribution in [2.24, 2.45) is 11.8 Å². The van der Waals surface area contributed by atoms with Crippen molar-refractivity contribution in [3.63, 3.8) is 0 Å². The fourth-order valence-electron chi connectivity index (χ4n) is 6.43. The van der Waals surface area contributed by atoms with Gasteiger partial charge in [0, 0.05) is 24.9 Å². The number of hydrogen-bond donors (Lipinski definition) is 0. The largest absolute Gasteiger partial charge is 0.274 e. The Morgan fingerprint density at radius 3 is 1.60 bits per heavy atom. The van der Waals surface area contributed by atoms with Crippen molar-refractivity contribution in [2.75, 3.05) is 18.0 Å². The molecule has 3 aliphatic carbocycles. The van der Waals surface area contributed by atoms with E-state index in [1.165, 1.54) is 21.3 Å². The van der Waals surface area contributed by atoms with Crippen LogP contribution in [-0.2, 0) is 19.6 Å². The van der Waals surface area contributed by atoms with Crippen molar-refractivity contribution < 1.29 is 18.0 Å². The number of anilines is 1. The number of carbonyl (C=O) groups excluding carboxylic acids is 2. The van der Waals surface area contributed by atoms with Crippen LogP contribution in [0.1, 0.15) is 47.9 Å². The average molecular weight is 487 g/mol. The average Bonchev–Trinajstić information content (AvgIpc) is 3.15. The maximum atomic E-state index is 13.9. The van der Waals surface area contributed by atoms with Crippen molar-refractivity contribution in [1.29, 1.82) is 0 Å². The van der Waals surface area contributed by atoms with Crippen molar-refractivity contribution in [3.8, 4) is 0 Å². The first-order valence-corrected chi connectivity index (χ1v) is 13.5. The van der Waals surface area contributed by atoms with E-state index in [9.17, 15) is 18.0 Å². The van der Waals surface area contributed by atoms with E-state index in [4.69, 9.17) is 0 Å². The molecule has 3 aromatic carbocycles. The molecule has 1 aliphatic heterocycles. The number of sulfonamides is 1. The first kappa shape index (κ1) is 22.2. The van der Waals surface area contributed by atoms with E-state index in [-0.39, 0.29) is 28.5 Å². The second-order valence-corrected chi connectivity index (χ2v) is 11.3. The highest BCUT2D eigenvalue weighted by atomic mass is 32.2. The van der Waals surface area contributed by atoms with Crippen molar-refractivity contribution in [3.05, 3.63) is 95.1 Å². The third kappa shape index (κ3) is 2.95. The van der Waals surface area contributed by atoms with Crippen LogP contribution in [0, 0.1) is 11.8 Å². The number of carbonyl (C=O) groups is 2. The van der Waals surface area contributed by atoms with Crippen LogP contribution in [0.25, 0.3) is 0 Å². The van der Waals surface area contributed by atoms with Crippen LogP contribution >= 0.6 is 0 Å². The molecule has 6 nitrogen and oxygen atoms in total. The van der Waals surface area contributed by atoms with Crippen LogP contribution in [0.4, 0.5) is 5.69 Å². The zero-order chi connectivity index (χ0) is 24.5. The molecular formula is C28H26N2O4S. The molecule has 178 valence electrons. The lowest BCUT2D eigenvalue weighted by molar-refractivity contribution is -0.122. The van der Waals surface area contributed by atoms with Crippen LogP contribution in [0.5, 0.6) is 0 Å². The van der Waals surface area contributed by atoms with Gasteiger partial charge in [-0.1, -0.05) is 68.4 Å². The number of nitrogens with zero attached hydrogens (tertiary/aromatic N) is 2. The Morgan fingerprint density at radius 1 is 0.714 bits per heavy atom. The first-order chi connectivity index (χ1) is 16.9. The van der Waals surface area contributed by atoms with E-state index < -0.39 is 21.9 Å². The molecule has 0 spiro atoms. The summed E-state index contributed by atoms with van der Waals surface area (Å²) in [5, 5.41) is 0. The molecule has 1 fully saturated rings. The van der Waals surface area contributed by atoms with Gasteiger partial charge in [-0.3, -0.25) is 9.59 Å². The third-order valence-corrected chi connectivity index (χ3v) is 9.91. The van der Waals surface area contributed by atoms with Crippen molar-refractivity contribution >= 4 is 27.5 Å². The quantitative estimate of drug-likeness (QED) is 0.509. The van der Waals surface area contributed by atoms with Gasteiger partial charge in [-0.15, -0.1) is 0 Å². The van der Waals surface area contributed by atoms with Gasteiger partial charge in [-0.05, 0) is 40.5 Å². The fourth-order valence-corrected chi connectivity index (χ4v) is 7.93. The Balaban J connectivity index is 1.47. The molecule has 1 saturated heterocycles. The first-order valence-electron chi connectivity index (χ1n) is 12.1. The van der Waals surface area contributed by atoms with Gasteiger partial charge >= 0.3 is 0 Å². The normalized spacial score (nSPS) is 24.5. The SMILES string of the molecule is CCN(CC)S(=O)(=O)c1cccc(N2C(=O)[C@H]3C4c5ccccc5C(c5ccccc54)[C@@H]3C2=O)c1. The van der Waals surface area contributed by atoms with Gasteiger partial charge < -0.3 is 0 Å². The molecule has 0 radical (unpaired) electrons. The zero-order valence-electron chi connectivity index (χ0n) is 19.6. The minimum absolute atomic E-state index is 0.0868. The maximum Gasteiger partial charge on any atom is 0.243 e. The number of benzene rings is 3. The predicted molar refractivity (Wildman–Crippen MR) is 133 cm³/mol. The van der Waals surface area contributed by atoms with Crippen LogP contribution < -0.4 is 4.90 Å². The van der Waals surface area contributed by atoms with Crippen molar-refractivity contribution in [2.45, 2.75) is 30.6 Å². The smallest absolute Gasteiger partial charge is 0.243 e. The molecule has 0 N–H and O–H groups in total. The molecule has 35 heavy (non-hydrogen) atoms. The van der Waals surface area contributed by atoms with E-state index in [0.29, 0.717) is 18.8 Å². The molecule has 0 saturated carbocycles. The third-order valence-electron chi connectivity index (χ3n) is 7.87. The second-order valence-electron chi connectivity index (χ2n) is 9.36. The minimum atomic E-state index is -3.73. The molecular weight excluding hydrogens is 460 g/mol. The van der Waals surface area contributed by atoms with Gasteiger partial charge in [0.15, 0.2) is 0 Å². The molecule has 2 amide bonds. The van der Waals surface area contributed by atoms with E-state index in [1.54, 1.807) is 26.0 Å². The zero-order valence-corrected chi connectivity index (χ0v) is 20.4. The maximum absolute atomic E-state index is 13.9. The van der Waals surface area contributed by atoms with E-state index in [1.807, 2.05) is 24.3 Å². The molecule has 3 aromatic rings. The van der Waals surface area contributed by atoms with Gasteiger partial charge in [0.25, 0.3) is 0 Å². The summed E-state index contributed by atoms with van der Waals surface area (Å²) < 4.78 is 27.6. The molecule has 0 unspecified atom stereocenters. The van der Waals surface area contributed by atoms with Crippen molar-refractivity contribution in [1.82, 2.24) is 4.31 Å². The van der Waals surface area contributed by atoms with Crippen LogP contribution in [0.2, 0.25) is 0 Å². The molecule has 2 atom stereocenters. The Bertz CT molecular complexity index is 1360. The lowest BCUT2D eigenvalue weighted by Gasteiger charge is -2.45. The van der Waals surface area contributed by atoms with Crippen LogP contribution in [-0.4, -0.2) is 37.6 Å². The predicted octanol–water partition coefficient (Wildman–Crippen LogP) is 4.11. The Kier molecular flexibility index (Phi) is 4.99. The van der Waals surface area contributed by atoms with Gasteiger partial charge in [0.2, 0.25) is 21.8 Å². The monoisotopic (exact) mass is 486 g/mol. The Morgan fingerprint density at radius 2 is 1.17 bits per heavy atom. The van der Waals surface area contributed by atoms with E-state index in [0.717, 1.165) is 22.3 Å². The molecule has 7 heteroatoms. The van der Waals surface area contributed by atoms with Gasteiger partial charge in [0.1, 0.15) is 0 Å². The highest BCUT2D eigenvalue weighted by molar-refractivity contribution is 7.89. The standard InChI is InChI=1S/C28H26N2O4S/c1-3-29(4-2)35(33,34)18-11-9-10-17(16-18)30-27(31)25-23-19-12-5-6-13-20(19)24(26(25)28(30)32)22-15-8-7-14-21(22)23/h5-16,23-26H,3-4H2,1-2H3/t23?,24?,25-,26-/m0/s1. The highest BCUT2D eigenvalue weighted by Gasteiger charge is 2.61. The summed E-state index contributed by atoms with van der Waals surface area (Å²) in [4.78, 5) is 29.1. The number of amides is 2. The van der Waals surface area contributed by atoms with Gasteiger partial charge in [-0.2, -0.15) is 4.31 Å². The summed E-state index contributed by atoms with van der Waals surface area (Å²) in [5.41, 5.74) is 4.75. The number of rotatable bonds is 5. The summed E-state index contributed by atoms with van der Waals surface area (Å²) in [7, 11) is -3.73. The number of imide groups is 1. The molecule has 4 aliphatic rings. The lowest BCUT2D eigenvalue weighted by atomic mass is 9.55. The Labute approximate surface area is 205 Å². The van der Waals surface area contributed by atoms with Gasteiger partial charge in [0.05, 0.1) is 22.4 Å². The van der Waals surface area contributed by atoms with Crippen LogP contribution in [0.15, 0.2) is 77.7 Å². The van der Waals surface area contributed by atoms with Gasteiger partial charge in [-0.25, -0.2) is 13.3 Å². The Hall–Kier alpha value is -3.29. The topological polar surface area (TPSA) is 74.8 Å². The lowest BCUT2D eigenvalue weighted by Crippen LogP contribution is -2.41. The van der Waals surface area contributed by atoms with E-state index >= 15 is 0 Å². The summed E-state index contributed by atoms with van der Waals surface area (Å²) >= 11 is 0. The van der Waals surface area contributed by atoms with E-state index in [2.05, 4.69) is 24.3 Å². The molecule has 2 bridgehead atoms. The highest BCUT2D eigenvalue weighted by Crippen LogP contribution is 2.61. The minimum Gasteiger partial charge on any atom is -0.274 e. The summed E-state index contributed by atoms with van der Waals surface area (Å²) in [5.74, 6) is -1.89. The summed E-state index contributed by atoms with van der Waals surface area (Å²) in [6, 6.07) is 22.4. The summed E-state index contributed by atoms with van der Waals surface area (Å²) in [6.07, 6.45) is 0. The number of hydrogen-bond acceptors (Lipinski definition) is 4. The fraction of sp³-hybridized carbons (Fsp3) is 0.286. The molecule has 1 heterocycles. The summed E-state index contributed by atoms with van der Waals surface area (Å²) in [6.45, 7) is 4.26. The molecule has 0 aromatic heterocycles. The molecule has 7 rings (SSSR count). The second kappa shape index (κ2) is 7.86.